The Labute approximate surface area is 208 Å². The number of hydrogen-bond donors (Lipinski definition) is 1. The van der Waals surface area contributed by atoms with Gasteiger partial charge in [-0.15, -0.1) is 0 Å². The average Bonchev–Trinajstić information content (AvgIpc) is 3.48. The largest absolute Gasteiger partial charge is 0.489 e. The van der Waals surface area contributed by atoms with Crippen LogP contribution in [0.1, 0.15) is 63.1 Å². The van der Waals surface area contributed by atoms with E-state index in [1.54, 1.807) is 6.07 Å². The summed E-state index contributed by atoms with van der Waals surface area (Å²) >= 11 is 6.67. The third-order valence-corrected chi connectivity index (χ3v) is 7.81. The van der Waals surface area contributed by atoms with Gasteiger partial charge in [-0.2, -0.15) is 0 Å². The van der Waals surface area contributed by atoms with Crippen molar-refractivity contribution < 1.29 is 23.8 Å². The number of benzene rings is 3. The van der Waals surface area contributed by atoms with Gasteiger partial charge in [-0.25, -0.2) is 9.18 Å². The van der Waals surface area contributed by atoms with Crippen LogP contribution in [0.3, 0.4) is 0 Å². The zero-order valence-electron chi connectivity index (χ0n) is 19.4. The lowest BCUT2D eigenvalue weighted by Crippen LogP contribution is -2.18. The summed E-state index contributed by atoms with van der Waals surface area (Å²) in [6, 6.07) is 13.1. The molecule has 0 saturated heterocycles. The Balaban J connectivity index is 1.37. The lowest BCUT2D eigenvalue weighted by Gasteiger charge is -2.15. The van der Waals surface area contributed by atoms with Gasteiger partial charge in [0.1, 0.15) is 18.2 Å². The fourth-order valence-electron chi connectivity index (χ4n) is 5.49. The van der Waals surface area contributed by atoms with E-state index in [4.69, 9.17) is 16.3 Å². The monoisotopic (exact) mass is 492 g/mol. The molecule has 0 amide bonds. The van der Waals surface area contributed by atoms with Crippen LogP contribution in [0.4, 0.5) is 4.39 Å². The van der Waals surface area contributed by atoms with Crippen molar-refractivity contribution in [3.05, 3.63) is 87.2 Å². The SMILES string of the molecule is Cc1c(OCc2cccc(-c3cc(F)cc(C(=O)O)c3)c2)cc2c(c1Cl)C(=O)C(C1CCCC1)C2. The molecule has 5 rings (SSSR count). The first-order valence-corrected chi connectivity index (χ1v) is 12.3. The number of halogens is 2. The van der Waals surface area contributed by atoms with E-state index >= 15 is 0 Å². The van der Waals surface area contributed by atoms with E-state index < -0.39 is 11.8 Å². The number of carboxylic acids is 1. The van der Waals surface area contributed by atoms with E-state index in [1.807, 2.05) is 31.2 Å². The molecule has 0 spiro atoms. The van der Waals surface area contributed by atoms with Gasteiger partial charge in [-0.3, -0.25) is 4.79 Å². The Hall–Kier alpha value is -3.18. The minimum atomic E-state index is -1.18. The maximum Gasteiger partial charge on any atom is 0.335 e. The second kappa shape index (κ2) is 9.46. The molecule has 2 aliphatic carbocycles. The highest BCUT2D eigenvalue weighted by Crippen LogP contribution is 2.44. The number of Topliss-reactive ketones (excluding diaryl/α,β-unsaturated/α-hetero) is 1. The van der Waals surface area contributed by atoms with Crippen molar-refractivity contribution in [2.75, 3.05) is 0 Å². The molecule has 2 aliphatic rings. The van der Waals surface area contributed by atoms with Crippen LogP contribution in [0.5, 0.6) is 5.75 Å². The van der Waals surface area contributed by atoms with Crippen molar-refractivity contribution in [1.29, 1.82) is 0 Å². The molecule has 4 nitrogen and oxygen atoms in total. The van der Waals surface area contributed by atoms with Crippen LogP contribution in [0.25, 0.3) is 11.1 Å². The Bertz CT molecular complexity index is 1330. The summed E-state index contributed by atoms with van der Waals surface area (Å²) in [6.45, 7) is 2.12. The van der Waals surface area contributed by atoms with Gasteiger partial charge in [0.15, 0.2) is 5.78 Å². The molecule has 1 atom stereocenters. The molecule has 6 heteroatoms. The third-order valence-electron chi connectivity index (χ3n) is 7.34. The van der Waals surface area contributed by atoms with E-state index in [1.165, 1.54) is 25.0 Å². The van der Waals surface area contributed by atoms with Crippen LogP contribution in [0.2, 0.25) is 5.02 Å². The van der Waals surface area contributed by atoms with Crippen molar-refractivity contribution in [2.24, 2.45) is 11.8 Å². The highest BCUT2D eigenvalue weighted by molar-refractivity contribution is 6.35. The van der Waals surface area contributed by atoms with Gasteiger partial charge in [0.05, 0.1) is 10.6 Å². The number of hydrogen-bond acceptors (Lipinski definition) is 3. The summed E-state index contributed by atoms with van der Waals surface area (Å²) in [7, 11) is 0. The van der Waals surface area contributed by atoms with E-state index in [0.29, 0.717) is 33.4 Å². The number of carboxylic acid groups (broad SMARTS) is 1. The van der Waals surface area contributed by atoms with Crippen LogP contribution in [0.15, 0.2) is 48.5 Å². The quantitative estimate of drug-likeness (QED) is 0.392. The molecule has 1 fully saturated rings. The van der Waals surface area contributed by atoms with Gasteiger partial charge < -0.3 is 9.84 Å². The summed E-state index contributed by atoms with van der Waals surface area (Å²) < 4.78 is 20.1. The van der Waals surface area contributed by atoms with Gasteiger partial charge in [0, 0.05) is 17.0 Å². The van der Waals surface area contributed by atoms with Crippen LogP contribution >= 0.6 is 11.6 Å². The molecule has 35 heavy (non-hydrogen) atoms. The van der Waals surface area contributed by atoms with E-state index in [0.717, 1.165) is 42.0 Å². The van der Waals surface area contributed by atoms with Crippen LogP contribution in [-0.2, 0) is 13.0 Å². The van der Waals surface area contributed by atoms with Crippen LogP contribution < -0.4 is 4.74 Å². The predicted octanol–water partition coefficient (Wildman–Crippen LogP) is 7.28. The molecular formula is C29H26ClFO4. The molecule has 0 aliphatic heterocycles. The van der Waals surface area contributed by atoms with E-state index in [9.17, 15) is 19.1 Å². The summed E-state index contributed by atoms with van der Waals surface area (Å²) in [6.07, 6.45) is 5.33. The summed E-state index contributed by atoms with van der Waals surface area (Å²) in [4.78, 5) is 24.4. The van der Waals surface area contributed by atoms with Gasteiger partial charge in [-0.05, 0) is 84.7 Å². The second-order valence-corrected chi connectivity index (χ2v) is 9.97. The first-order valence-electron chi connectivity index (χ1n) is 11.9. The number of ketones is 1. The number of carbonyl (C=O) groups is 2. The smallest absolute Gasteiger partial charge is 0.335 e. The van der Waals surface area contributed by atoms with Gasteiger partial charge in [-0.1, -0.05) is 42.6 Å². The highest BCUT2D eigenvalue weighted by Gasteiger charge is 2.39. The lowest BCUT2D eigenvalue weighted by atomic mass is 9.88. The molecule has 0 aromatic heterocycles. The normalized spacial score (nSPS) is 17.6. The second-order valence-electron chi connectivity index (χ2n) is 9.59. The number of ether oxygens (including phenoxy) is 1. The lowest BCUT2D eigenvalue weighted by molar-refractivity contribution is 0.0696. The fourth-order valence-corrected chi connectivity index (χ4v) is 5.80. The topological polar surface area (TPSA) is 63.6 Å². The van der Waals surface area contributed by atoms with Crippen molar-refractivity contribution in [1.82, 2.24) is 0 Å². The Morgan fingerprint density at radius 1 is 1.11 bits per heavy atom. The zero-order chi connectivity index (χ0) is 24.7. The molecule has 0 radical (unpaired) electrons. The molecule has 3 aromatic carbocycles. The maximum atomic E-state index is 14.0. The Morgan fingerprint density at radius 3 is 2.63 bits per heavy atom. The standard InChI is InChI=1S/C29H26ClFO4/c1-16-25(14-21-13-24(18-6-2-3-7-18)28(32)26(21)27(16)30)35-15-17-5-4-8-19(9-17)20-10-22(29(33)34)12-23(31)11-20/h4-5,8-12,14,18,24H,2-3,6-7,13,15H2,1H3,(H,33,34). The minimum Gasteiger partial charge on any atom is -0.489 e. The first kappa shape index (κ1) is 23.6. The van der Waals surface area contributed by atoms with E-state index in [-0.39, 0.29) is 23.9 Å². The van der Waals surface area contributed by atoms with Gasteiger partial charge in [0.2, 0.25) is 0 Å². The van der Waals surface area contributed by atoms with E-state index in [2.05, 4.69) is 0 Å². The van der Waals surface area contributed by atoms with Crippen LogP contribution in [0, 0.1) is 24.6 Å². The molecule has 3 aromatic rings. The Morgan fingerprint density at radius 2 is 1.89 bits per heavy atom. The van der Waals surface area contributed by atoms with Crippen molar-refractivity contribution in [3.63, 3.8) is 0 Å². The molecule has 0 heterocycles. The molecule has 180 valence electrons. The van der Waals surface area contributed by atoms with Gasteiger partial charge >= 0.3 is 5.97 Å². The fraction of sp³-hybridized carbons (Fsp3) is 0.310. The summed E-state index contributed by atoms with van der Waals surface area (Å²) in [5, 5.41) is 9.72. The van der Waals surface area contributed by atoms with Crippen molar-refractivity contribution in [3.8, 4) is 16.9 Å². The molecule has 1 unspecified atom stereocenters. The number of rotatable bonds is 6. The Kier molecular flexibility index (Phi) is 6.37. The first-order chi connectivity index (χ1) is 16.8. The number of fused-ring (bicyclic) bond motifs is 1. The van der Waals surface area contributed by atoms with Gasteiger partial charge in [0.25, 0.3) is 0 Å². The minimum absolute atomic E-state index is 0.0262. The molecule has 0 bridgehead atoms. The summed E-state index contributed by atoms with van der Waals surface area (Å²) in [5.74, 6) is -0.479. The molecule has 1 N–H and O–H groups in total. The van der Waals surface area contributed by atoms with Crippen LogP contribution in [-0.4, -0.2) is 16.9 Å². The zero-order valence-corrected chi connectivity index (χ0v) is 20.2. The third kappa shape index (κ3) is 4.57. The summed E-state index contributed by atoms with van der Waals surface area (Å²) in [5.41, 5.74) is 4.30. The highest BCUT2D eigenvalue weighted by atomic mass is 35.5. The molecule has 1 saturated carbocycles. The number of carbonyl (C=O) groups excluding carboxylic acids is 1. The van der Waals surface area contributed by atoms with Crippen molar-refractivity contribution in [2.45, 2.75) is 45.6 Å². The molecular weight excluding hydrogens is 467 g/mol. The predicted molar refractivity (Wildman–Crippen MR) is 133 cm³/mol. The van der Waals surface area contributed by atoms with Crippen molar-refractivity contribution >= 4 is 23.4 Å². The number of aromatic carboxylic acids is 1. The average molecular weight is 493 g/mol. The maximum absolute atomic E-state index is 14.0.